The van der Waals surface area contributed by atoms with Gasteiger partial charge in [-0.05, 0) is 32.0 Å². The number of rotatable bonds is 3. The van der Waals surface area contributed by atoms with Gasteiger partial charge >= 0.3 is 0 Å². The molecule has 0 saturated heterocycles. The summed E-state index contributed by atoms with van der Waals surface area (Å²) in [5.74, 6) is -0.313. The summed E-state index contributed by atoms with van der Waals surface area (Å²) in [5.41, 5.74) is 0.714. The first-order chi connectivity index (χ1) is 9.45. The molecule has 2 rings (SSSR count). The van der Waals surface area contributed by atoms with E-state index >= 15 is 0 Å². The Morgan fingerprint density at radius 3 is 2.35 bits per heavy atom. The van der Waals surface area contributed by atoms with Crippen molar-refractivity contribution >= 4 is 29.0 Å². The fourth-order valence-electron chi connectivity index (χ4n) is 2.07. The highest BCUT2D eigenvalue weighted by atomic mass is 35.5. The SMILES string of the molecule is Cc1cc(C(=O)C(C#N)c2c(Cl)cccc2Cl)c(C)o1. The van der Waals surface area contributed by atoms with Crippen LogP contribution in [0.25, 0.3) is 0 Å². The maximum Gasteiger partial charge on any atom is 0.188 e. The number of carbonyl (C=O) groups is 1. The van der Waals surface area contributed by atoms with Crippen molar-refractivity contribution in [1.29, 1.82) is 5.26 Å². The quantitative estimate of drug-likeness (QED) is 0.773. The van der Waals surface area contributed by atoms with Crippen molar-refractivity contribution in [3.05, 3.63) is 57.0 Å². The number of aryl methyl sites for hydroxylation is 2. The highest BCUT2D eigenvalue weighted by molar-refractivity contribution is 6.36. The van der Waals surface area contributed by atoms with E-state index in [1.165, 1.54) is 0 Å². The van der Waals surface area contributed by atoms with Crippen LogP contribution in [0.5, 0.6) is 0 Å². The van der Waals surface area contributed by atoms with Crippen LogP contribution in [-0.4, -0.2) is 5.78 Å². The molecule has 3 nitrogen and oxygen atoms in total. The Balaban J connectivity index is 2.51. The third kappa shape index (κ3) is 2.58. The summed E-state index contributed by atoms with van der Waals surface area (Å²) in [7, 11) is 0. The third-order valence-corrected chi connectivity index (χ3v) is 3.65. The summed E-state index contributed by atoms with van der Waals surface area (Å²) in [6, 6.07) is 8.47. The lowest BCUT2D eigenvalue weighted by atomic mass is 9.92. The molecule has 2 aromatic rings. The van der Waals surface area contributed by atoms with Crippen LogP contribution >= 0.6 is 23.2 Å². The molecule has 5 heteroatoms. The third-order valence-electron chi connectivity index (χ3n) is 2.99. The number of hydrogen-bond acceptors (Lipinski definition) is 3. The number of carbonyl (C=O) groups excluding carboxylic acids is 1. The highest BCUT2D eigenvalue weighted by Crippen LogP contribution is 2.34. The van der Waals surface area contributed by atoms with E-state index in [1.807, 2.05) is 6.07 Å². The van der Waals surface area contributed by atoms with Gasteiger partial charge in [0.2, 0.25) is 0 Å². The van der Waals surface area contributed by atoms with Crippen molar-refractivity contribution in [1.82, 2.24) is 0 Å². The molecule has 1 atom stereocenters. The molecule has 0 saturated carbocycles. The first-order valence-corrected chi connectivity index (χ1v) is 6.66. The second-order valence-corrected chi connectivity index (χ2v) is 5.20. The molecule has 0 spiro atoms. The number of hydrogen-bond donors (Lipinski definition) is 0. The standard InChI is InChI=1S/C15H11Cl2NO2/c1-8-6-10(9(2)20-8)15(19)11(7-18)14-12(16)4-3-5-13(14)17/h3-6,11H,1-2H3. The van der Waals surface area contributed by atoms with Gasteiger partial charge in [0.05, 0.1) is 11.6 Å². The second kappa shape index (κ2) is 5.70. The monoisotopic (exact) mass is 307 g/mol. The van der Waals surface area contributed by atoms with Crippen molar-refractivity contribution in [3.63, 3.8) is 0 Å². The van der Waals surface area contributed by atoms with Crippen LogP contribution in [0, 0.1) is 25.2 Å². The molecule has 0 aliphatic carbocycles. The number of nitrogens with zero attached hydrogens (tertiary/aromatic N) is 1. The Kier molecular flexibility index (Phi) is 4.17. The molecular formula is C15H11Cl2NO2. The van der Waals surface area contributed by atoms with Gasteiger partial charge < -0.3 is 4.42 Å². The topological polar surface area (TPSA) is 54.0 Å². The van der Waals surface area contributed by atoms with E-state index in [1.54, 1.807) is 38.1 Å². The van der Waals surface area contributed by atoms with E-state index in [-0.39, 0.29) is 5.78 Å². The molecule has 0 N–H and O–H groups in total. The van der Waals surface area contributed by atoms with Crippen molar-refractivity contribution in [3.8, 4) is 6.07 Å². The van der Waals surface area contributed by atoms with Crippen LogP contribution in [0.2, 0.25) is 10.0 Å². The maximum absolute atomic E-state index is 12.5. The van der Waals surface area contributed by atoms with Gasteiger partial charge in [0.25, 0.3) is 0 Å². The van der Waals surface area contributed by atoms with Gasteiger partial charge in [0.1, 0.15) is 17.4 Å². The van der Waals surface area contributed by atoms with E-state index in [9.17, 15) is 10.1 Å². The lowest BCUT2D eigenvalue weighted by Gasteiger charge is -2.11. The average Bonchev–Trinajstić information content (AvgIpc) is 2.72. The average molecular weight is 308 g/mol. The highest BCUT2D eigenvalue weighted by Gasteiger charge is 2.28. The summed E-state index contributed by atoms with van der Waals surface area (Å²) in [4.78, 5) is 12.5. The van der Waals surface area contributed by atoms with Crippen LogP contribution in [0.15, 0.2) is 28.7 Å². The summed E-state index contributed by atoms with van der Waals surface area (Å²) in [5, 5.41) is 9.94. The lowest BCUT2D eigenvalue weighted by molar-refractivity contribution is 0.0977. The predicted molar refractivity (Wildman–Crippen MR) is 77.3 cm³/mol. The van der Waals surface area contributed by atoms with Gasteiger partial charge in [-0.3, -0.25) is 4.79 Å². The number of Topliss-reactive ketones (excluding diaryl/α,β-unsaturated/α-hetero) is 1. The predicted octanol–water partition coefficient (Wildman–Crippen LogP) is 4.69. The van der Waals surface area contributed by atoms with E-state index in [4.69, 9.17) is 27.6 Å². The zero-order valence-corrected chi connectivity index (χ0v) is 12.4. The Labute approximate surface area is 126 Å². The van der Waals surface area contributed by atoms with E-state index in [2.05, 4.69) is 0 Å². The zero-order chi connectivity index (χ0) is 14.9. The number of furan rings is 1. The number of halogens is 2. The summed E-state index contributed by atoms with van der Waals surface area (Å²) < 4.78 is 5.33. The van der Waals surface area contributed by atoms with E-state index in [0.29, 0.717) is 32.7 Å². The normalized spacial score (nSPS) is 11.9. The molecule has 20 heavy (non-hydrogen) atoms. The van der Waals surface area contributed by atoms with Crippen LogP contribution < -0.4 is 0 Å². The summed E-state index contributed by atoms with van der Waals surface area (Å²) in [6.45, 7) is 3.43. The minimum absolute atomic E-state index is 0.301. The van der Waals surface area contributed by atoms with E-state index in [0.717, 1.165) is 0 Å². The smallest absolute Gasteiger partial charge is 0.188 e. The number of ketones is 1. The Morgan fingerprint density at radius 1 is 1.30 bits per heavy atom. The first-order valence-electron chi connectivity index (χ1n) is 5.90. The molecule has 1 aromatic heterocycles. The molecule has 0 amide bonds. The second-order valence-electron chi connectivity index (χ2n) is 4.39. The van der Waals surface area contributed by atoms with Crippen LogP contribution in [-0.2, 0) is 0 Å². The van der Waals surface area contributed by atoms with Gasteiger partial charge in [-0.15, -0.1) is 0 Å². The van der Waals surface area contributed by atoms with Gasteiger partial charge in [-0.1, -0.05) is 29.3 Å². The van der Waals surface area contributed by atoms with Crippen LogP contribution in [0.4, 0.5) is 0 Å². The largest absolute Gasteiger partial charge is 0.466 e. The fourth-order valence-corrected chi connectivity index (χ4v) is 2.69. The minimum atomic E-state index is -1.05. The number of nitriles is 1. The molecule has 1 heterocycles. The van der Waals surface area contributed by atoms with Gasteiger partial charge in [0, 0.05) is 15.6 Å². The molecule has 0 aliphatic heterocycles. The molecule has 102 valence electrons. The summed E-state index contributed by atoms with van der Waals surface area (Å²) in [6.07, 6.45) is 0. The van der Waals surface area contributed by atoms with Gasteiger partial charge in [-0.2, -0.15) is 5.26 Å². The lowest BCUT2D eigenvalue weighted by Crippen LogP contribution is -2.12. The van der Waals surface area contributed by atoms with Gasteiger partial charge in [0.15, 0.2) is 5.78 Å². The summed E-state index contributed by atoms with van der Waals surface area (Å²) >= 11 is 12.1. The molecule has 1 aromatic carbocycles. The Morgan fingerprint density at radius 2 is 1.90 bits per heavy atom. The Bertz CT molecular complexity index is 693. The van der Waals surface area contributed by atoms with Crippen molar-refractivity contribution in [2.45, 2.75) is 19.8 Å². The molecule has 0 fully saturated rings. The van der Waals surface area contributed by atoms with Crippen molar-refractivity contribution < 1.29 is 9.21 Å². The first kappa shape index (κ1) is 14.6. The molecule has 0 radical (unpaired) electrons. The minimum Gasteiger partial charge on any atom is -0.466 e. The molecule has 0 bridgehead atoms. The van der Waals surface area contributed by atoms with Gasteiger partial charge in [-0.25, -0.2) is 0 Å². The molecule has 1 unspecified atom stereocenters. The molecular weight excluding hydrogens is 297 g/mol. The fraction of sp³-hybridized carbons (Fsp3) is 0.200. The van der Waals surface area contributed by atoms with Crippen LogP contribution in [0.1, 0.15) is 33.4 Å². The number of benzene rings is 1. The molecule has 0 aliphatic rings. The zero-order valence-electron chi connectivity index (χ0n) is 10.9. The van der Waals surface area contributed by atoms with Crippen LogP contribution in [0.3, 0.4) is 0 Å². The van der Waals surface area contributed by atoms with Crippen molar-refractivity contribution in [2.24, 2.45) is 0 Å². The Hall–Kier alpha value is -1.76. The van der Waals surface area contributed by atoms with E-state index < -0.39 is 5.92 Å². The van der Waals surface area contributed by atoms with Crippen molar-refractivity contribution in [2.75, 3.05) is 0 Å². The maximum atomic E-state index is 12.5.